The molecule has 0 aromatic heterocycles. The van der Waals surface area contributed by atoms with E-state index < -0.39 is 15.9 Å². The van der Waals surface area contributed by atoms with Gasteiger partial charge in [0.15, 0.2) is 18.1 Å². The maximum Gasteiger partial charge on any atom is 0.272 e. The molecule has 0 spiro atoms. The minimum atomic E-state index is -4.00. The van der Waals surface area contributed by atoms with Gasteiger partial charge in [-0.1, -0.05) is 6.07 Å². The standard InChI is InChI=1S/C20H26N2O6S/c1-5-26-18-10-9-17(12-19(18)27-6-2)29(24,25)22-21-20(23)13-28-16-8-7-14(3)15(4)11-16/h7-12,22H,5-6,13H2,1-4H3,(H,21,23). The molecule has 0 aliphatic heterocycles. The first kappa shape index (κ1) is 22.5. The van der Waals surface area contributed by atoms with Crippen LogP contribution in [0.5, 0.6) is 17.2 Å². The maximum atomic E-state index is 12.5. The number of carbonyl (C=O) groups is 1. The van der Waals surface area contributed by atoms with Crippen LogP contribution in [0.1, 0.15) is 25.0 Å². The number of nitrogens with one attached hydrogen (secondary N) is 2. The van der Waals surface area contributed by atoms with Crippen LogP contribution in [0.2, 0.25) is 0 Å². The summed E-state index contributed by atoms with van der Waals surface area (Å²) in [7, 11) is -4.00. The average molecular weight is 423 g/mol. The molecule has 0 bridgehead atoms. The second-order valence-corrected chi connectivity index (χ2v) is 7.85. The Morgan fingerprint density at radius 1 is 0.897 bits per heavy atom. The maximum absolute atomic E-state index is 12.5. The van der Waals surface area contributed by atoms with E-state index in [1.165, 1.54) is 18.2 Å². The first-order valence-corrected chi connectivity index (χ1v) is 10.7. The van der Waals surface area contributed by atoms with Crippen molar-refractivity contribution in [3.63, 3.8) is 0 Å². The van der Waals surface area contributed by atoms with Gasteiger partial charge in [-0.25, -0.2) is 8.42 Å². The Bertz CT molecular complexity index is 959. The molecule has 0 atom stereocenters. The van der Waals surface area contributed by atoms with Gasteiger partial charge in [0, 0.05) is 6.07 Å². The Labute approximate surface area is 171 Å². The van der Waals surface area contributed by atoms with Gasteiger partial charge in [0.2, 0.25) is 0 Å². The fourth-order valence-corrected chi connectivity index (χ4v) is 3.25. The van der Waals surface area contributed by atoms with Crippen molar-refractivity contribution >= 4 is 15.9 Å². The number of amides is 1. The molecule has 0 aliphatic rings. The lowest BCUT2D eigenvalue weighted by Crippen LogP contribution is -2.43. The molecule has 2 rings (SSSR count). The molecule has 29 heavy (non-hydrogen) atoms. The fourth-order valence-electron chi connectivity index (χ4n) is 2.37. The zero-order valence-corrected chi connectivity index (χ0v) is 17.8. The van der Waals surface area contributed by atoms with Crippen LogP contribution >= 0.6 is 0 Å². The van der Waals surface area contributed by atoms with E-state index in [-0.39, 0.29) is 11.5 Å². The van der Waals surface area contributed by atoms with E-state index in [9.17, 15) is 13.2 Å². The number of ether oxygens (including phenoxy) is 3. The SMILES string of the molecule is CCOc1ccc(S(=O)(=O)NNC(=O)COc2ccc(C)c(C)c2)cc1OCC. The molecule has 0 unspecified atom stereocenters. The van der Waals surface area contributed by atoms with Crippen molar-refractivity contribution in [3.8, 4) is 17.2 Å². The van der Waals surface area contributed by atoms with Crippen LogP contribution in [-0.4, -0.2) is 34.1 Å². The van der Waals surface area contributed by atoms with Gasteiger partial charge in [-0.05, 0) is 63.1 Å². The number of hydrazine groups is 1. The van der Waals surface area contributed by atoms with Crippen molar-refractivity contribution in [3.05, 3.63) is 47.5 Å². The molecule has 0 heterocycles. The van der Waals surface area contributed by atoms with E-state index >= 15 is 0 Å². The summed E-state index contributed by atoms with van der Waals surface area (Å²) in [6.45, 7) is 7.94. The highest BCUT2D eigenvalue weighted by Gasteiger charge is 2.18. The Morgan fingerprint density at radius 2 is 1.59 bits per heavy atom. The summed E-state index contributed by atoms with van der Waals surface area (Å²) in [6, 6.07) is 9.65. The second kappa shape index (κ2) is 10.1. The highest BCUT2D eigenvalue weighted by molar-refractivity contribution is 7.89. The van der Waals surface area contributed by atoms with E-state index in [2.05, 4.69) is 5.43 Å². The Balaban J connectivity index is 1.98. The number of hydrogen-bond donors (Lipinski definition) is 2. The van der Waals surface area contributed by atoms with E-state index in [1.54, 1.807) is 13.0 Å². The summed E-state index contributed by atoms with van der Waals surface area (Å²) in [4.78, 5) is 13.9. The van der Waals surface area contributed by atoms with Crippen LogP contribution < -0.4 is 24.5 Å². The van der Waals surface area contributed by atoms with Crippen LogP contribution in [-0.2, 0) is 14.8 Å². The molecule has 2 N–H and O–H groups in total. The normalized spacial score (nSPS) is 11.0. The molecule has 158 valence electrons. The van der Waals surface area contributed by atoms with Gasteiger partial charge in [0.1, 0.15) is 5.75 Å². The third kappa shape index (κ3) is 6.37. The van der Waals surface area contributed by atoms with Crippen LogP contribution in [0.3, 0.4) is 0 Å². The topological polar surface area (TPSA) is 103 Å². The number of aryl methyl sites for hydroxylation is 2. The van der Waals surface area contributed by atoms with Gasteiger partial charge < -0.3 is 14.2 Å². The second-order valence-electron chi connectivity index (χ2n) is 6.16. The van der Waals surface area contributed by atoms with Crippen molar-refractivity contribution in [2.45, 2.75) is 32.6 Å². The van der Waals surface area contributed by atoms with Crippen LogP contribution in [0.15, 0.2) is 41.3 Å². The van der Waals surface area contributed by atoms with E-state index in [0.29, 0.717) is 30.5 Å². The summed E-state index contributed by atoms with van der Waals surface area (Å²) in [5.41, 5.74) is 4.27. The van der Waals surface area contributed by atoms with E-state index in [0.717, 1.165) is 11.1 Å². The third-order valence-corrected chi connectivity index (χ3v) is 5.24. The zero-order valence-electron chi connectivity index (χ0n) is 16.9. The molecule has 2 aromatic carbocycles. The van der Waals surface area contributed by atoms with Gasteiger partial charge in [-0.15, -0.1) is 4.83 Å². The largest absolute Gasteiger partial charge is 0.490 e. The number of benzene rings is 2. The quantitative estimate of drug-likeness (QED) is 0.570. The summed E-state index contributed by atoms with van der Waals surface area (Å²) >= 11 is 0. The monoisotopic (exact) mass is 422 g/mol. The van der Waals surface area contributed by atoms with Crippen molar-refractivity contribution in [2.24, 2.45) is 0 Å². The molecule has 0 saturated heterocycles. The van der Waals surface area contributed by atoms with Crippen LogP contribution in [0.4, 0.5) is 0 Å². The van der Waals surface area contributed by atoms with Crippen molar-refractivity contribution in [1.82, 2.24) is 10.3 Å². The van der Waals surface area contributed by atoms with Gasteiger partial charge in [-0.3, -0.25) is 10.2 Å². The Morgan fingerprint density at radius 3 is 2.24 bits per heavy atom. The van der Waals surface area contributed by atoms with Crippen LogP contribution in [0.25, 0.3) is 0 Å². The Kier molecular flexibility index (Phi) is 7.86. The van der Waals surface area contributed by atoms with Crippen molar-refractivity contribution in [1.29, 1.82) is 0 Å². The summed E-state index contributed by atoms with van der Waals surface area (Å²) in [6.07, 6.45) is 0. The molecule has 8 nitrogen and oxygen atoms in total. The number of rotatable bonds is 10. The smallest absolute Gasteiger partial charge is 0.272 e. The Hall–Kier alpha value is -2.78. The number of sulfonamides is 1. The average Bonchev–Trinajstić information content (AvgIpc) is 2.69. The molecule has 0 radical (unpaired) electrons. The van der Waals surface area contributed by atoms with Crippen molar-refractivity contribution < 1.29 is 27.4 Å². The fraction of sp³-hybridized carbons (Fsp3) is 0.350. The predicted octanol–water partition coefficient (Wildman–Crippen LogP) is 2.49. The highest BCUT2D eigenvalue weighted by Crippen LogP contribution is 2.30. The molecule has 0 saturated carbocycles. The molecule has 1 amide bonds. The third-order valence-electron chi connectivity index (χ3n) is 4.00. The predicted molar refractivity (Wildman–Crippen MR) is 109 cm³/mol. The van der Waals surface area contributed by atoms with Gasteiger partial charge >= 0.3 is 0 Å². The first-order valence-electron chi connectivity index (χ1n) is 9.17. The molecular formula is C20H26N2O6S. The van der Waals surface area contributed by atoms with Crippen LogP contribution in [0, 0.1) is 13.8 Å². The lowest BCUT2D eigenvalue weighted by molar-refractivity contribution is -0.123. The van der Waals surface area contributed by atoms with E-state index in [4.69, 9.17) is 14.2 Å². The lowest BCUT2D eigenvalue weighted by atomic mass is 10.1. The van der Waals surface area contributed by atoms with Gasteiger partial charge in [-0.2, -0.15) is 0 Å². The number of carbonyl (C=O) groups excluding carboxylic acids is 1. The minimum Gasteiger partial charge on any atom is -0.490 e. The molecule has 0 aliphatic carbocycles. The molecule has 0 fully saturated rings. The summed E-state index contributed by atoms with van der Waals surface area (Å²) < 4.78 is 41.1. The minimum absolute atomic E-state index is 0.0696. The first-order chi connectivity index (χ1) is 13.8. The van der Waals surface area contributed by atoms with Gasteiger partial charge in [0.25, 0.3) is 15.9 Å². The summed E-state index contributed by atoms with van der Waals surface area (Å²) in [5.74, 6) is 0.641. The van der Waals surface area contributed by atoms with Gasteiger partial charge in [0.05, 0.1) is 18.1 Å². The highest BCUT2D eigenvalue weighted by atomic mass is 32.2. The molecule has 2 aromatic rings. The summed E-state index contributed by atoms with van der Waals surface area (Å²) in [5, 5.41) is 0. The molecule has 9 heteroatoms. The lowest BCUT2D eigenvalue weighted by Gasteiger charge is -2.13. The van der Waals surface area contributed by atoms with E-state index in [1.807, 2.05) is 37.7 Å². The number of hydrogen-bond acceptors (Lipinski definition) is 6. The zero-order chi connectivity index (χ0) is 21.4. The molecular weight excluding hydrogens is 396 g/mol. The van der Waals surface area contributed by atoms with Crippen molar-refractivity contribution in [2.75, 3.05) is 19.8 Å².